The Labute approximate surface area is 159 Å². The van der Waals surface area contributed by atoms with Crippen LogP contribution in [0.2, 0.25) is 0 Å². The lowest BCUT2D eigenvalue weighted by Crippen LogP contribution is -2.19. The molecule has 0 unspecified atom stereocenters. The average Bonchev–Trinajstić information content (AvgIpc) is 3.46. The van der Waals surface area contributed by atoms with E-state index < -0.39 is 34.0 Å². The maximum atomic E-state index is 14.0. The van der Waals surface area contributed by atoms with Crippen molar-refractivity contribution < 1.29 is 22.0 Å². The molecule has 1 fully saturated rings. The van der Waals surface area contributed by atoms with Gasteiger partial charge in [-0.15, -0.1) is 0 Å². The molecule has 0 bridgehead atoms. The molecule has 1 aliphatic rings. The molecule has 2 aromatic rings. The Morgan fingerprint density at radius 3 is 1.78 bits per heavy atom. The Morgan fingerprint density at radius 1 is 0.852 bits per heavy atom. The molecule has 146 valence electrons. The molecule has 7 heteroatoms. The van der Waals surface area contributed by atoms with E-state index in [1.54, 1.807) is 4.31 Å². The summed E-state index contributed by atoms with van der Waals surface area (Å²) < 4.78 is 69.8. The van der Waals surface area contributed by atoms with Gasteiger partial charge >= 0.3 is 0 Å². The fraction of sp³-hybridized carbons (Fsp3) is 0.400. The van der Waals surface area contributed by atoms with Gasteiger partial charge in [-0.1, -0.05) is 45.0 Å². The van der Waals surface area contributed by atoms with Gasteiger partial charge in [0.2, 0.25) is 5.82 Å². The summed E-state index contributed by atoms with van der Waals surface area (Å²) >= 11 is 0.591. The Hall–Kier alpha value is -1.60. The van der Waals surface area contributed by atoms with Crippen LogP contribution in [0.15, 0.2) is 29.2 Å². The van der Waals surface area contributed by atoms with Crippen molar-refractivity contribution in [2.24, 2.45) is 0 Å². The average molecular weight is 401 g/mol. The lowest BCUT2D eigenvalue weighted by molar-refractivity contribution is 0.358. The predicted octanol–water partition coefficient (Wildman–Crippen LogP) is 6.35. The lowest BCUT2D eigenvalue weighted by atomic mass is 9.87. The minimum Gasteiger partial charge on any atom is -0.239 e. The van der Waals surface area contributed by atoms with Crippen molar-refractivity contribution in [3.8, 4) is 0 Å². The van der Waals surface area contributed by atoms with Gasteiger partial charge in [0.25, 0.3) is 0 Å². The first-order chi connectivity index (χ1) is 12.6. The standard InChI is InChI=1S/C20H20F5NS/c1-20(2,3)12-6-4-11(5-7-12)10-26(13-8-9-13)27-19-17(24)15(22)14(21)16(23)18(19)25/h4-7,13H,8-10H2,1-3H3. The second kappa shape index (κ2) is 7.43. The van der Waals surface area contributed by atoms with Crippen LogP contribution in [0.1, 0.15) is 44.7 Å². The van der Waals surface area contributed by atoms with E-state index in [1.165, 1.54) is 0 Å². The number of hydrogen-bond donors (Lipinski definition) is 0. The molecule has 1 nitrogen and oxygen atoms in total. The molecule has 27 heavy (non-hydrogen) atoms. The first-order valence-electron chi connectivity index (χ1n) is 8.65. The van der Waals surface area contributed by atoms with Gasteiger partial charge in [0, 0.05) is 12.6 Å². The highest BCUT2D eigenvalue weighted by molar-refractivity contribution is 7.97. The van der Waals surface area contributed by atoms with Crippen molar-refractivity contribution in [2.45, 2.75) is 56.5 Å². The SMILES string of the molecule is CC(C)(C)c1ccc(CN(Sc2c(F)c(F)c(F)c(F)c2F)C2CC2)cc1. The molecular formula is C20H20F5NS. The van der Waals surface area contributed by atoms with E-state index in [2.05, 4.69) is 20.8 Å². The molecule has 0 spiro atoms. The highest BCUT2D eigenvalue weighted by atomic mass is 32.2. The number of halogens is 5. The van der Waals surface area contributed by atoms with Crippen molar-refractivity contribution in [1.29, 1.82) is 0 Å². The Morgan fingerprint density at radius 2 is 1.33 bits per heavy atom. The summed E-state index contributed by atoms with van der Waals surface area (Å²) in [7, 11) is 0. The normalized spacial score (nSPS) is 14.9. The lowest BCUT2D eigenvalue weighted by Gasteiger charge is -2.23. The molecule has 0 N–H and O–H groups in total. The van der Waals surface area contributed by atoms with E-state index >= 15 is 0 Å². The minimum absolute atomic E-state index is 0.00111. The number of benzene rings is 2. The zero-order valence-electron chi connectivity index (χ0n) is 15.3. The topological polar surface area (TPSA) is 3.24 Å². The zero-order valence-corrected chi connectivity index (χ0v) is 16.1. The van der Waals surface area contributed by atoms with Gasteiger partial charge in [0.05, 0.1) is 0 Å². The monoisotopic (exact) mass is 401 g/mol. The smallest absolute Gasteiger partial charge is 0.200 e. The summed E-state index contributed by atoms with van der Waals surface area (Å²) in [6.45, 7) is 6.63. The van der Waals surface area contributed by atoms with Crippen LogP contribution in [0.5, 0.6) is 0 Å². The van der Waals surface area contributed by atoms with E-state index in [-0.39, 0.29) is 11.5 Å². The van der Waals surface area contributed by atoms with Crippen molar-refractivity contribution in [1.82, 2.24) is 4.31 Å². The van der Waals surface area contributed by atoms with Crippen molar-refractivity contribution in [3.05, 3.63) is 64.5 Å². The maximum absolute atomic E-state index is 14.0. The summed E-state index contributed by atoms with van der Waals surface area (Å²) in [5.41, 5.74) is 2.06. The predicted molar refractivity (Wildman–Crippen MR) is 95.8 cm³/mol. The number of hydrogen-bond acceptors (Lipinski definition) is 2. The zero-order chi connectivity index (χ0) is 19.9. The summed E-state index contributed by atoms with van der Waals surface area (Å²) in [5, 5.41) is 0. The summed E-state index contributed by atoms with van der Waals surface area (Å²) in [6.07, 6.45) is 1.64. The van der Waals surface area contributed by atoms with Crippen molar-refractivity contribution >= 4 is 11.9 Å². The third-order valence-corrected chi connectivity index (χ3v) is 5.69. The molecule has 3 rings (SSSR count). The largest absolute Gasteiger partial charge is 0.239 e. The van der Waals surface area contributed by atoms with E-state index in [4.69, 9.17) is 0 Å². The van der Waals surface area contributed by atoms with E-state index in [0.29, 0.717) is 18.5 Å². The quantitative estimate of drug-likeness (QED) is 0.249. The molecule has 2 aromatic carbocycles. The second-order valence-electron chi connectivity index (χ2n) is 7.74. The fourth-order valence-corrected chi connectivity index (χ4v) is 3.82. The molecule has 1 aliphatic carbocycles. The van der Waals surface area contributed by atoms with Crippen LogP contribution in [0.3, 0.4) is 0 Å². The second-order valence-corrected chi connectivity index (χ2v) is 8.80. The molecule has 0 heterocycles. The van der Waals surface area contributed by atoms with Gasteiger partial charge in [-0.05, 0) is 41.3 Å². The highest BCUT2D eigenvalue weighted by Crippen LogP contribution is 2.40. The highest BCUT2D eigenvalue weighted by Gasteiger charge is 2.34. The summed E-state index contributed by atoms with van der Waals surface area (Å²) in [4.78, 5) is -0.857. The molecule has 0 atom stereocenters. The van der Waals surface area contributed by atoms with E-state index in [1.807, 2.05) is 24.3 Å². The van der Waals surface area contributed by atoms with E-state index in [0.717, 1.165) is 24.0 Å². The van der Waals surface area contributed by atoms with Crippen LogP contribution >= 0.6 is 11.9 Å². The fourth-order valence-electron chi connectivity index (χ4n) is 2.67. The molecule has 0 aromatic heterocycles. The first-order valence-corrected chi connectivity index (χ1v) is 9.42. The van der Waals surface area contributed by atoms with Gasteiger partial charge in [-0.3, -0.25) is 0 Å². The third kappa shape index (κ3) is 4.29. The van der Waals surface area contributed by atoms with Crippen molar-refractivity contribution in [2.75, 3.05) is 0 Å². The van der Waals surface area contributed by atoms with Gasteiger partial charge in [0.15, 0.2) is 23.3 Å². The van der Waals surface area contributed by atoms with E-state index in [9.17, 15) is 22.0 Å². The summed E-state index contributed by atoms with van der Waals surface area (Å²) in [6, 6.07) is 7.88. The molecule has 0 amide bonds. The molecule has 1 saturated carbocycles. The number of rotatable bonds is 5. The van der Waals surface area contributed by atoms with Crippen molar-refractivity contribution in [3.63, 3.8) is 0 Å². The molecule has 0 radical (unpaired) electrons. The minimum atomic E-state index is -2.13. The third-order valence-electron chi connectivity index (χ3n) is 4.49. The van der Waals surface area contributed by atoms with Gasteiger partial charge in [-0.25, -0.2) is 26.3 Å². The molecule has 0 aliphatic heterocycles. The molecular weight excluding hydrogens is 381 g/mol. The first kappa shape index (κ1) is 20.1. The maximum Gasteiger partial charge on any atom is 0.200 e. The van der Waals surface area contributed by atoms with Gasteiger partial charge in [0.1, 0.15) is 4.90 Å². The van der Waals surface area contributed by atoms with Crippen LogP contribution in [0.4, 0.5) is 22.0 Å². The van der Waals surface area contributed by atoms with Crippen LogP contribution in [-0.4, -0.2) is 10.3 Å². The Bertz CT molecular complexity index is 812. The van der Waals surface area contributed by atoms with Crippen LogP contribution in [-0.2, 0) is 12.0 Å². The van der Waals surface area contributed by atoms with Crippen LogP contribution in [0.25, 0.3) is 0 Å². The van der Waals surface area contributed by atoms with Crippen LogP contribution < -0.4 is 0 Å². The molecule has 0 saturated heterocycles. The Kier molecular flexibility index (Phi) is 5.54. The Balaban J connectivity index is 1.84. The van der Waals surface area contributed by atoms with Gasteiger partial charge in [-0.2, -0.15) is 0 Å². The summed E-state index contributed by atoms with van der Waals surface area (Å²) in [5.74, 6) is -9.54. The van der Waals surface area contributed by atoms with Crippen LogP contribution in [0, 0.1) is 29.1 Å². The van der Waals surface area contributed by atoms with Gasteiger partial charge < -0.3 is 0 Å². The number of nitrogens with zero attached hydrogens (tertiary/aromatic N) is 1.